The maximum Gasteiger partial charge on any atom is 0.220 e. The lowest BCUT2D eigenvalue weighted by atomic mass is 10.1. The van der Waals surface area contributed by atoms with Crippen LogP contribution in [0.3, 0.4) is 0 Å². The van der Waals surface area contributed by atoms with Crippen LogP contribution in [-0.4, -0.2) is 18.2 Å². The Morgan fingerprint density at radius 3 is 2.56 bits per heavy atom. The fraction of sp³-hybridized carbons (Fsp3) is 0.533. The topological polar surface area (TPSA) is 29.1 Å². The van der Waals surface area contributed by atoms with Crippen molar-refractivity contribution < 1.29 is 4.79 Å². The molecular weight excluding hydrogens is 242 g/mol. The highest BCUT2D eigenvalue weighted by atomic mass is 32.2. The quantitative estimate of drug-likeness (QED) is 0.825. The predicted molar refractivity (Wildman–Crippen MR) is 76.9 cm³/mol. The summed E-state index contributed by atoms with van der Waals surface area (Å²) in [5.74, 6) is 0.204. The zero-order chi connectivity index (χ0) is 12.8. The van der Waals surface area contributed by atoms with E-state index in [9.17, 15) is 4.79 Å². The van der Waals surface area contributed by atoms with E-state index >= 15 is 0 Å². The number of nitrogens with one attached hydrogen (secondary N) is 1. The van der Waals surface area contributed by atoms with Crippen molar-refractivity contribution in [2.45, 2.75) is 49.5 Å². The lowest BCUT2D eigenvalue weighted by molar-refractivity contribution is -0.121. The molecule has 1 aromatic rings. The molecule has 0 unspecified atom stereocenters. The van der Waals surface area contributed by atoms with Crippen LogP contribution in [0.15, 0.2) is 29.2 Å². The smallest absolute Gasteiger partial charge is 0.220 e. The second-order valence-corrected chi connectivity index (χ2v) is 5.78. The van der Waals surface area contributed by atoms with E-state index in [1.807, 2.05) is 0 Å². The Hall–Kier alpha value is -0.960. The number of carbonyl (C=O) groups excluding carboxylic acids is 1. The van der Waals surface area contributed by atoms with Crippen LogP contribution in [0.2, 0.25) is 0 Å². The molecule has 0 saturated heterocycles. The van der Waals surface area contributed by atoms with Crippen molar-refractivity contribution in [3.8, 4) is 0 Å². The Morgan fingerprint density at radius 1 is 1.28 bits per heavy atom. The molecular formula is C15H21NOS. The first-order valence-electron chi connectivity index (χ1n) is 6.70. The minimum absolute atomic E-state index is 0.204. The number of benzene rings is 1. The van der Waals surface area contributed by atoms with Gasteiger partial charge in [-0.3, -0.25) is 4.79 Å². The van der Waals surface area contributed by atoms with E-state index < -0.39 is 0 Å². The second kappa shape index (κ2) is 6.83. The Morgan fingerprint density at radius 2 is 1.94 bits per heavy atom. The fourth-order valence-corrected chi connectivity index (χ4v) is 2.83. The van der Waals surface area contributed by atoms with Crippen molar-refractivity contribution in [2.75, 3.05) is 6.26 Å². The first kappa shape index (κ1) is 13.5. The standard InChI is InChI=1S/C15H21NOS/c1-18-14-9-6-12(7-10-14)8-11-15(17)16-13-4-2-3-5-13/h6-7,9-10,13H,2-5,8,11H2,1H3,(H,16,17). The number of thioether (sulfide) groups is 1. The largest absolute Gasteiger partial charge is 0.353 e. The van der Waals surface area contributed by atoms with Gasteiger partial charge in [0.15, 0.2) is 0 Å². The first-order valence-corrected chi connectivity index (χ1v) is 7.92. The van der Waals surface area contributed by atoms with Crippen molar-refractivity contribution >= 4 is 17.7 Å². The molecule has 2 rings (SSSR count). The lowest BCUT2D eigenvalue weighted by Crippen LogP contribution is -2.32. The Bertz CT molecular complexity index is 382. The maximum absolute atomic E-state index is 11.8. The molecule has 3 heteroatoms. The Kier molecular flexibility index (Phi) is 5.12. The second-order valence-electron chi connectivity index (χ2n) is 4.90. The highest BCUT2D eigenvalue weighted by Crippen LogP contribution is 2.18. The van der Waals surface area contributed by atoms with Gasteiger partial charge in [0.1, 0.15) is 0 Å². The van der Waals surface area contributed by atoms with E-state index in [-0.39, 0.29) is 5.91 Å². The summed E-state index contributed by atoms with van der Waals surface area (Å²) < 4.78 is 0. The van der Waals surface area contributed by atoms with Crippen molar-refractivity contribution in [1.82, 2.24) is 5.32 Å². The van der Waals surface area contributed by atoms with E-state index in [0.29, 0.717) is 12.5 Å². The summed E-state index contributed by atoms with van der Waals surface area (Å²) in [6, 6.07) is 8.92. The molecule has 1 saturated carbocycles. The van der Waals surface area contributed by atoms with E-state index in [0.717, 1.165) is 19.3 Å². The lowest BCUT2D eigenvalue weighted by Gasteiger charge is -2.11. The molecule has 0 atom stereocenters. The first-order chi connectivity index (χ1) is 8.78. The van der Waals surface area contributed by atoms with Gasteiger partial charge in [-0.2, -0.15) is 0 Å². The maximum atomic E-state index is 11.8. The zero-order valence-corrected chi connectivity index (χ0v) is 11.8. The zero-order valence-electron chi connectivity index (χ0n) is 10.9. The minimum Gasteiger partial charge on any atom is -0.353 e. The molecule has 0 spiro atoms. The van der Waals surface area contributed by atoms with Crippen LogP contribution in [0.4, 0.5) is 0 Å². The van der Waals surface area contributed by atoms with Crippen molar-refractivity contribution in [2.24, 2.45) is 0 Å². The number of aryl methyl sites for hydroxylation is 1. The van der Waals surface area contributed by atoms with Crippen LogP contribution in [0, 0.1) is 0 Å². The molecule has 0 heterocycles. The van der Waals surface area contributed by atoms with Crippen LogP contribution in [0.1, 0.15) is 37.7 Å². The molecule has 0 radical (unpaired) electrons. The van der Waals surface area contributed by atoms with Gasteiger partial charge in [0.05, 0.1) is 0 Å². The molecule has 1 aliphatic rings. The average molecular weight is 263 g/mol. The highest BCUT2D eigenvalue weighted by molar-refractivity contribution is 7.98. The van der Waals surface area contributed by atoms with Gasteiger partial charge in [-0.15, -0.1) is 11.8 Å². The number of rotatable bonds is 5. The van der Waals surface area contributed by atoms with Crippen LogP contribution >= 0.6 is 11.8 Å². The van der Waals surface area contributed by atoms with Crippen molar-refractivity contribution in [3.05, 3.63) is 29.8 Å². The molecule has 18 heavy (non-hydrogen) atoms. The summed E-state index contributed by atoms with van der Waals surface area (Å²) in [7, 11) is 0. The van der Waals surface area contributed by atoms with E-state index in [1.54, 1.807) is 11.8 Å². The van der Waals surface area contributed by atoms with Gasteiger partial charge >= 0.3 is 0 Å². The molecule has 1 fully saturated rings. The Labute approximate surface area is 114 Å². The predicted octanol–water partition coefficient (Wildman–Crippen LogP) is 3.40. The van der Waals surface area contributed by atoms with Crippen LogP contribution in [-0.2, 0) is 11.2 Å². The molecule has 1 amide bonds. The molecule has 0 bridgehead atoms. The Balaban J connectivity index is 1.74. The van der Waals surface area contributed by atoms with Gasteiger partial charge in [0.25, 0.3) is 0 Å². The molecule has 1 N–H and O–H groups in total. The third-order valence-corrected chi connectivity index (χ3v) is 4.26. The number of carbonyl (C=O) groups is 1. The summed E-state index contributed by atoms with van der Waals surface area (Å²) in [5, 5.41) is 3.13. The monoisotopic (exact) mass is 263 g/mol. The van der Waals surface area contributed by atoms with Gasteiger partial charge in [0, 0.05) is 17.4 Å². The van der Waals surface area contributed by atoms with Crippen molar-refractivity contribution in [3.63, 3.8) is 0 Å². The summed E-state index contributed by atoms with van der Waals surface area (Å²) in [5.41, 5.74) is 1.24. The van der Waals surface area contributed by atoms with E-state index in [1.165, 1.54) is 23.3 Å². The summed E-state index contributed by atoms with van der Waals surface area (Å²) in [6.07, 6.45) is 8.37. The van der Waals surface area contributed by atoms with E-state index in [4.69, 9.17) is 0 Å². The summed E-state index contributed by atoms with van der Waals surface area (Å²) in [6.45, 7) is 0. The van der Waals surface area contributed by atoms with Gasteiger partial charge in [-0.25, -0.2) is 0 Å². The molecule has 1 aliphatic carbocycles. The summed E-state index contributed by atoms with van der Waals surface area (Å²) >= 11 is 1.74. The van der Waals surface area contributed by atoms with Crippen molar-refractivity contribution in [1.29, 1.82) is 0 Å². The number of amides is 1. The summed E-state index contributed by atoms with van der Waals surface area (Å²) in [4.78, 5) is 13.1. The fourth-order valence-electron chi connectivity index (χ4n) is 2.42. The molecule has 0 aromatic heterocycles. The minimum atomic E-state index is 0.204. The van der Waals surface area contributed by atoms with Crippen LogP contribution < -0.4 is 5.32 Å². The number of hydrogen-bond acceptors (Lipinski definition) is 2. The molecule has 98 valence electrons. The van der Waals surface area contributed by atoms with Gasteiger partial charge in [0.2, 0.25) is 5.91 Å². The molecule has 2 nitrogen and oxygen atoms in total. The third kappa shape index (κ3) is 4.05. The van der Waals surface area contributed by atoms with Crippen LogP contribution in [0.5, 0.6) is 0 Å². The van der Waals surface area contributed by atoms with Crippen LogP contribution in [0.25, 0.3) is 0 Å². The van der Waals surface area contributed by atoms with E-state index in [2.05, 4.69) is 35.8 Å². The van der Waals surface area contributed by atoms with Gasteiger partial charge in [-0.05, 0) is 43.2 Å². The van der Waals surface area contributed by atoms with Gasteiger partial charge < -0.3 is 5.32 Å². The SMILES string of the molecule is CSc1ccc(CCC(=O)NC2CCCC2)cc1. The van der Waals surface area contributed by atoms with Gasteiger partial charge in [-0.1, -0.05) is 25.0 Å². The number of hydrogen-bond donors (Lipinski definition) is 1. The highest BCUT2D eigenvalue weighted by Gasteiger charge is 2.16. The molecule has 0 aliphatic heterocycles. The average Bonchev–Trinajstić information content (AvgIpc) is 2.90. The molecule has 1 aromatic carbocycles. The third-order valence-electron chi connectivity index (χ3n) is 3.52. The normalized spacial score (nSPS) is 15.8.